The highest BCUT2D eigenvalue weighted by molar-refractivity contribution is 5.68. The Kier molecular flexibility index (Phi) is 7.74. The fourth-order valence-corrected chi connectivity index (χ4v) is 4.80. The Morgan fingerprint density at radius 1 is 0.925 bits per heavy atom. The highest BCUT2D eigenvalue weighted by atomic mass is 19.1. The summed E-state index contributed by atoms with van der Waals surface area (Å²) >= 11 is 0. The van der Waals surface area contributed by atoms with E-state index in [1.54, 1.807) is 12.1 Å². The van der Waals surface area contributed by atoms with Gasteiger partial charge in [0.1, 0.15) is 5.82 Å². The second kappa shape index (κ2) is 11.5. The zero-order valence-electron chi connectivity index (χ0n) is 21.2. The van der Waals surface area contributed by atoms with Gasteiger partial charge in [-0.1, -0.05) is 65.8 Å². The largest absolute Gasteiger partial charge is 0.509 e. The van der Waals surface area contributed by atoms with Crippen molar-refractivity contribution < 1.29 is 38.2 Å². The lowest BCUT2D eigenvalue weighted by Crippen LogP contribution is -2.46. The summed E-state index contributed by atoms with van der Waals surface area (Å²) in [4.78, 5) is 26.4. The molecule has 11 heteroatoms. The maximum Gasteiger partial charge on any atom is 0.509 e. The van der Waals surface area contributed by atoms with Crippen LogP contribution in [0.1, 0.15) is 31.2 Å². The molecule has 1 aliphatic rings. The van der Waals surface area contributed by atoms with Gasteiger partial charge in [0.05, 0.1) is 0 Å². The van der Waals surface area contributed by atoms with Gasteiger partial charge in [-0.3, -0.25) is 0 Å². The summed E-state index contributed by atoms with van der Waals surface area (Å²) in [6.45, 7) is 0.544. The van der Waals surface area contributed by atoms with Crippen LogP contribution in [-0.2, 0) is 16.0 Å². The lowest BCUT2D eigenvalue weighted by Gasteiger charge is -2.37. The summed E-state index contributed by atoms with van der Waals surface area (Å²) in [5, 5.41) is 25.3. The number of hydrogen-bond acceptors (Lipinski definition) is 8. The molecular formula is C29H26FN3O7. The third-order valence-corrected chi connectivity index (χ3v) is 6.83. The minimum Gasteiger partial charge on any atom is -0.450 e. The zero-order chi connectivity index (χ0) is 28.1. The number of aromatic nitrogens is 2. The van der Waals surface area contributed by atoms with Crippen LogP contribution >= 0.6 is 0 Å². The van der Waals surface area contributed by atoms with Crippen LogP contribution in [0.5, 0.6) is 0 Å². The lowest BCUT2D eigenvalue weighted by molar-refractivity contribution is -0.201. The van der Waals surface area contributed by atoms with Gasteiger partial charge >= 0.3 is 12.3 Å². The Hall–Kier alpha value is -4.77. The summed E-state index contributed by atoms with van der Waals surface area (Å²) in [5.74, 6) is -1.46. The minimum absolute atomic E-state index is 0.0380. The Balaban J connectivity index is 1.18. The first-order valence-electron chi connectivity index (χ1n) is 12.7. The molecule has 0 aliphatic heterocycles. The molecule has 5 rings (SSSR count). The summed E-state index contributed by atoms with van der Waals surface area (Å²) in [6, 6.07) is 21.7. The molecule has 0 bridgehead atoms. The number of nitrogens with one attached hydrogen (secondary N) is 1. The smallest absolute Gasteiger partial charge is 0.450 e. The standard InChI is InChI=1S/C29H26FN3O7/c30-24-16-21(10-11-23(24)19-4-2-1-3-5-19)26-32-25(33-40-26)20-8-6-18(7-9-20)17-31-22-12-14-29(15-13-22,38-27(34)35)39-28(36)37/h1-11,16,22,31H,12-15,17H2,(H,34,35)(H,36,37). The first kappa shape index (κ1) is 26.8. The maximum atomic E-state index is 14.8. The van der Waals surface area contributed by atoms with E-state index >= 15 is 0 Å². The number of carboxylic acid groups (broad SMARTS) is 2. The van der Waals surface area contributed by atoms with Crippen molar-refractivity contribution in [2.75, 3.05) is 0 Å². The van der Waals surface area contributed by atoms with E-state index in [0.717, 1.165) is 16.7 Å². The maximum absolute atomic E-state index is 14.8. The second-order valence-electron chi connectivity index (χ2n) is 9.48. The Labute approximate surface area is 228 Å². The molecule has 40 heavy (non-hydrogen) atoms. The SMILES string of the molecule is O=C(O)OC1(OC(=O)O)CCC(NCc2ccc(-c3noc(-c4ccc(-c5ccccc5)c(F)c4)n3)cc2)CC1. The van der Waals surface area contributed by atoms with E-state index in [0.29, 0.717) is 36.3 Å². The number of hydrogen-bond donors (Lipinski definition) is 3. The van der Waals surface area contributed by atoms with E-state index in [1.165, 1.54) is 6.07 Å². The molecule has 10 nitrogen and oxygen atoms in total. The minimum atomic E-state index is -1.67. The van der Waals surface area contributed by atoms with Crippen LogP contribution in [-0.4, -0.2) is 44.5 Å². The van der Waals surface area contributed by atoms with Crippen LogP contribution in [0.3, 0.4) is 0 Å². The van der Waals surface area contributed by atoms with E-state index in [4.69, 9.17) is 24.2 Å². The van der Waals surface area contributed by atoms with Gasteiger partial charge in [0.25, 0.3) is 11.7 Å². The summed E-state index contributed by atoms with van der Waals surface area (Å²) in [7, 11) is 0. The molecule has 1 saturated carbocycles. The van der Waals surface area contributed by atoms with Crippen LogP contribution < -0.4 is 5.32 Å². The Morgan fingerprint density at radius 3 is 2.20 bits per heavy atom. The van der Waals surface area contributed by atoms with Crippen LogP contribution in [0.15, 0.2) is 77.3 Å². The molecule has 1 heterocycles. The van der Waals surface area contributed by atoms with Crippen molar-refractivity contribution in [3.8, 4) is 34.0 Å². The molecule has 0 spiro atoms. The van der Waals surface area contributed by atoms with Crippen LogP contribution in [0.2, 0.25) is 0 Å². The zero-order valence-corrected chi connectivity index (χ0v) is 21.2. The average Bonchev–Trinajstić information content (AvgIpc) is 3.43. The van der Waals surface area contributed by atoms with Gasteiger partial charge in [-0.2, -0.15) is 4.98 Å². The monoisotopic (exact) mass is 547 g/mol. The molecule has 1 aliphatic carbocycles. The third-order valence-electron chi connectivity index (χ3n) is 6.83. The van der Waals surface area contributed by atoms with Crippen molar-refractivity contribution in [3.05, 3.63) is 84.2 Å². The number of carbonyl (C=O) groups is 2. The third kappa shape index (κ3) is 6.26. The average molecular weight is 548 g/mol. The quantitative estimate of drug-likeness (QED) is 0.169. The fourth-order valence-electron chi connectivity index (χ4n) is 4.80. The topological polar surface area (TPSA) is 144 Å². The molecule has 3 N–H and O–H groups in total. The number of halogens is 1. The number of ether oxygens (including phenoxy) is 2. The molecule has 0 atom stereocenters. The first-order valence-corrected chi connectivity index (χ1v) is 12.7. The predicted molar refractivity (Wildman–Crippen MR) is 141 cm³/mol. The number of nitrogens with zero attached hydrogens (tertiary/aromatic N) is 2. The van der Waals surface area contributed by atoms with Gasteiger partial charge in [-0.05, 0) is 36.1 Å². The van der Waals surface area contributed by atoms with Crippen molar-refractivity contribution in [1.82, 2.24) is 15.5 Å². The van der Waals surface area contributed by atoms with Crippen LogP contribution in [0.25, 0.3) is 34.0 Å². The fraction of sp³-hybridized carbons (Fsp3) is 0.241. The highest BCUT2D eigenvalue weighted by Gasteiger charge is 2.42. The first-order chi connectivity index (χ1) is 19.3. The Morgan fingerprint density at radius 2 is 1.57 bits per heavy atom. The van der Waals surface area contributed by atoms with E-state index in [2.05, 4.69) is 15.5 Å². The van der Waals surface area contributed by atoms with E-state index < -0.39 is 18.1 Å². The van der Waals surface area contributed by atoms with Crippen LogP contribution in [0, 0.1) is 5.82 Å². The van der Waals surface area contributed by atoms with E-state index in [-0.39, 0.29) is 30.6 Å². The summed E-state index contributed by atoms with van der Waals surface area (Å²) in [6.07, 6.45) is -1.93. The van der Waals surface area contributed by atoms with Gasteiger partial charge in [-0.15, -0.1) is 0 Å². The van der Waals surface area contributed by atoms with Gasteiger partial charge in [0.15, 0.2) is 0 Å². The molecule has 1 aromatic heterocycles. The second-order valence-corrected chi connectivity index (χ2v) is 9.48. The van der Waals surface area contributed by atoms with E-state index in [9.17, 15) is 14.0 Å². The highest BCUT2D eigenvalue weighted by Crippen LogP contribution is 2.34. The van der Waals surface area contributed by atoms with Gasteiger partial charge < -0.3 is 29.5 Å². The lowest BCUT2D eigenvalue weighted by atomic mass is 9.89. The van der Waals surface area contributed by atoms with Gasteiger partial charge in [0, 0.05) is 42.1 Å². The molecule has 1 fully saturated rings. The van der Waals surface area contributed by atoms with Gasteiger partial charge in [0.2, 0.25) is 5.82 Å². The van der Waals surface area contributed by atoms with Gasteiger partial charge in [-0.25, -0.2) is 14.0 Å². The molecule has 206 valence electrons. The number of benzene rings is 3. The number of rotatable bonds is 8. The van der Waals surface area contributed by atoms with Crippen LogP contribution in [0.4, 0.5) is 14.0 Å². The summed E-state index contributed by atoms with van der Waals surface area (Å²) < 4.78 is 29.7. The van der Waals surface area contributed by atoms with Crippen molar-refractivity contribution in [1.29, 1.82) is 0 Å². The molecule has 0 radical (unpaired) electrons. The predicted octanol–water partition coefficient (Wildman–Crippen LogP) is 6.33. The normalized spacial score (nSPS) is 14.9. The van der Waals surface area contributed by atoms with Crippen molar-refractivity contribution in [3.63, 3.8) is 0 Å². The van der Waals surface area contributed by atoms with E-state index in [1.807, 2.05) is 54.6 Å². The summed E-state index contributed by atoms with van der Waals surface area (Å²) in [5.41, 5.74) is 3.48. The Bertz CT molecular complexity index is 1470. The van der Waals surface area contributed by atoms with Crippen molar-refractivity contribution >= 4 is 12.3 Å². The molecular weight excluding hydrogens is 521 g/mol. The molecule has 4 aromatic rings. The molecule has 3 aromatic carbocycles. The molecule has 0 amide bonds. The van der Waals surface area contributed by atoms with Crippen molar-refractivity contribution in [2.45, 2.75) is 44.1 Å². The van der Waals surface area contributed by atoms with Crippen molar-refractivity contribution in [2.24, 2.45) is 0 Å². The molecule has 0 unspecified atom stereocenters. The molecule has 0 saturated heterocycles.